The molecule has 0 bridgehead atoms. The van der Waals surface area contributed by atoms with E-state index < -0.39 is 0 Å². The molecule has 1 atom stereocenters. The van der Waals surface area contributed by atoms with Crippen LogP contribution in [0.2, 0.25) is 0 Å². The molecule has 0 rings (SSSR count). The van der Waals surface area contributed by atoms with Crippen LogP contribution in [0.3, 0.4) is 0 Å². The minimum absolute atomic E-state index is 0.126. The number of carbonyl (C=O) groups excluding carboxylic acids is 2. The summed E-state index contributed by atoms with van der Waals surface area (Å²) in [6.45, 7) is 5.87. The second kappa shape index (κ2) is 19.0. The zero-order valence-electron chi connectivity index (χ0n) is 18.7. The van der Waals surface area contributed by atoms with Crippen molar-refractivity contribution in [1.29, 1.82) is 0 Å². The Hall–Kier alpha value is -1.36. The molecule has 0 unspecified atom stereocenters. The van der Waals surface area contributed by atoms with Gasteiger partial charge in [0.1, 0.15) is 6.61 Å². The Morgan fingerprint density at radius 3 is 1.89 bits per heavy atom. The van der Waals surface area contributed by atoms with Crippen molar-refractivity contribution in [3.8, 4) is 0 Å². The normalized spacial score (nSPS) is 12.6. The summed E-state index contributed by atoms with van der Waals surface area (Å²) in [6, 6.07) is -0.327. The van der Waals surface area contributed by atoms with E-state index in [-0.39, 0.29) is 24.5 Å². The molecule has 0 aromatic heterocycles. The van der Waals surface area contributed by atoms with Gasteiger partial charge < -0.3 is 14.8 Å². The molecule has 28 heavy (non-hydrogen) atoms. The van der Waals surface area contributed by atoms with Crippen molar-refractivity contribution in [3.05, 3.63) is 11.6 Å². The highest BCUT2D eigenvalue weighted by atomic mass is 16.5. The van der Waals surface area contributed by atoms with E-state index in [0.29, 0.717) is 12.2 Å². The third kappa shape index (κ3) is 16.8. The molecule has 0 spiro atoms. The average Bonchev–Trinajstić information content (AvgIpc) is 2.66. The molecule has 0 heterocycles. The van der Waals surface area contributed by atoms with Crippen LogP contribution >= 0.6 is 0 Å². The van der Waals surface area contributed by atoms with Gasteiger partial charge >= 0.3 is 5.97 Å². The van der Waals surface area contributed by atoms with Crippen LogP contribution in [0, 0.1) is 0 Å². The van der Waals surface area contributed by atoms with E-state index in [1.165, 1.54) is 71.1 Å². The van der Waals surface area contributed by atoms with Gasteiger partial charge in [0.15, 0.2) is 0 Å². The van der Waals surface area contributed by atoms with Gasteiger partial charge in [-0.25, -0.2) is 0 Å². The molecule has 0 aliphatic rings. The van der Waals surface area contributed by atoms with Gasteiger partial charge in [0, 0.05) is 19.6 Å². The van der Waals surface area contributed by atoms with Gasteiger partial charge in [-0.05, 0) is 19.8 Å². The van der Waals surface area contributed by atoms with Crippen molar-refractivity contribution in [2.75, 3.05) is 20.3 Å². The van der Waals surface area contributed by atoms with Gasteiger partial charge in [-0.15, -0.1) is 0 Å². The van der Waals surface area contributed by atoms with E-state index in [2.05, 4.69) is 12.2 Å². The number of allylic oxidation sites excluding steroid dienone is 1. The molecule has 5 nitrogen and oxygen atoms in total. The lowest BCUT2D eigenvalue weighted by Gasteiger charge is -2.17. The zero-order chi connectivity index (χ0) is 21.0. The van der Waals surface area contributed by atoms with Crippen LogP contribution in [0.1, 0.15) is 97.8 Å². The summed E-state index contributed by atoms with van der Waals surface area (Å²) in [5.74, 6) is -0.489. The minimum Gasteiger partial charge on any atom is -0.464 e. The summed E-state index contributed by atoms with van der Waals surface area (Å²) < 4.78 is 10.0. The average molecular weight is 398 g/mol. The zero-order valence-corrected chi connectivity index (χ0v) is 18.7. The van der Waals surface area contributed by atoms with Crippen molar-refractivity contribution >= 4 is 11.9 Å². The molecule has 0 radical (unpaired) electrons. The number of hydrogen-bond acceptors (Lipinski definition) is 4. The molecule has 5 heteroatoms. The van der Waals surface area contributed by atoms with E-state index in [1.807, 2.05) is 13.0 Å². The number of methoxy groups -OCH3 is 1. The lowest BCUT2D eigenvalue weighted by Crippen LogP contribution is -2.42. The SMILES string of the molecule is CCCCCCCCCCCCC/C=C(\C)C(=O)N[C@H](COC)COC(C)=O. The molecular weight excluding hydrogens is 354 g/mol. The highest BCUT2D eigenvalue weighted by Gasteiger charge is 2.14. The molecule has 0 aliphatic heterocycles. The fourth-order valence-electron chi connectivity index (χ4n) is 3.07. The first-order valence-electron chi connectivity index (χ1n) is 11.1. The first kappa shape index (κ1) is 26.6. The molecule has 1 amide bonds. The van der Waals surface area contributed by atoms with Crippen molar-refractivity contribution < 1.29 is 19.1 Å². The van der Waals surface area contributed by atoms with Gasteiger partial charge in [0.2, 0.25) is 5.91 Å². The summed E-state index contributed by atoms with van der Waals surface area (Å²) in [7, 11) is 1.56. The highest BCUT2D eigenvalue weighted by Crippen LogP contribution is 2.12. The number of nitrogens with one attached hydrogen (secondary N) is 1. The lowest BCUT2D eigenvalue weighted by molar-refractivity contribution is -0.142. The summed E-state index contributed by atoms with van der Waals surface area (Å²) in [5.41, 5.74) is 0.705. The van der Waals surface area contributed by atoms with Crippen molar-refractivity contribution in [2.45, 2.75) is 104 Å². The largest absolute Gasteiger partial charge is 0.464 e. The number of rotatable bonds is 18. The topological polar surface area (TPSA) is 64.6 Å². The van der Waals surface area contributed by atoms with Crippen molar-refractivity contribution in [1.82, 2.24) is 5.32 Å². The summed E-state index contributed by atoms with van der Waals surface area (Å²) >= 11 is 0. The summed E-state index contributed by atoms with van der Waals surface area (Å²) in [6.07, 6.45) is 17.5. The predicted octanol–water partition coefficient (Wildman–Crippen LogP) is 5.33. The summed E-state index contributed by atoms with van der Waals surface area (Å²) in [5, 5.41) is 2.86. The molecule has 0 aromatic rings. The highest BCUT2D eigenvalue weighted by molar-refractivity contribution is 5.92. The van der Waals surface area contributed by atoms with E-state index >= 15 is 0 Å². The molecule has 1 N–H and O–H groups in total. The van der Waals surface area contributed by atoms with Gasteiger partial charge in [-0.3, -0.25) is 9.59 Å². The third-order valence-electron chi connectivity index (χ3n) is 4.81. The minimum atomic E-state index is -0.362. The van der Waals surface area contributed by atoms with Crippen LogP contribution in [-0.4, -0.2) is 38.2 Å². The molecule has 0 aliphatic carbocycles. The van der Waals surface area contributed by atoms with Crippen LogP contribution in [-0.2, 0) is 19.1 Å². The number of carbonyl (C=O) groups is 2. The van der Waals surface area contributed by atoms with Gasteiger partial charge in [0.25, 0.3) is 0 Å². The Labute approximate surface area is 172 Å². The Morgan fingerprint density at radius 1 is 0.857 bits per heavy atom. The number of amides is 1. The fraction of sp³-hybridized carbons (Fsp3) is 0.826. The molecule has 0 saturated carbocycles. The monoisotopic (exact) mass is 397 g/mol. The van der Waals surface area contributed by atoms with Crippen LogP contribution in [0.25, 0.3) is 0 Å². The van der Waals surface area contributed by atoms with Crippen LogP contribution in [0.15, 0.2) is 11.6 Å². The van der Waals surface area contributed by atoms with Gasteiger partial charge in [-0.1, -0.05) is 77.2 Å². The third-order valence-corrected chi connectivity index (χ3v) is 4.81. The first-order valence-corrected chi connectivity index (χ1v) is 11.1. The number of ether oxygens (including phenoxy) is 2. The molecule has 0 saturated heterocycles. The van der Waals surface area contributed by atoms with Gasteiger partial charge in [0.05, 0.1) is 12.6 Å². The van der Waals surface area contributed by atoms with E-state index in [9.17, 15) is 9.59 Å². The van der Waals surface area contributed by atoms with E-state index in [4.69, 9.17) is 9.47 Å². The Morgan fingerprint density at radius 2 is 1.39 bits per heavy atom. The number of unbranched alkanes of at least 4 members (excludes halogenated alkanes) is 11. The van der Waals surface area contributed by atoms with Crippen LogP contribution in [0.5, 0.6) is 0 Å². The number of esters is 1. The smallest absolute Gasteiger partial charge is 0.302 e. The van der Waals surface area contributed by atoms with E-state index in [0.717, 1.165) is 12.8 Å². The van der Waals surface area contributed by atoms with Crippen molar-refractivity contribution in [2.24, 2.45) is 0 Å². The lowest BCUT2D eigenvalue weighted by atomic mass is 10.0. The van der Waals surface area contributed by atoms with Crippen molar-refractivity contribution in [3.63, 3.8) is 0 Å². The Bertz CT molecular complexity index is 434. The van der Waals surface area contributed by atoms with Gasteiger partial charge in [-0.2, -0.15) is 0 Å². The number of hydrogen-bond donors (Lipinski definition) is 1. The molecule has 164 valence electrons. The standard InChI is InChI=1S/C23H43NO4/c1-5-6-7-8-9-10-11-12-13-14-15-16-17-20(2)23(26)24-22(18-27-4)19-28-21(3)25/h17,22H,5-16,18-19H2,1-4H3,(H,24,26)/b20-17+/t22-/m1/s1. The van der Waals surface area contributed by atoms with E-state index in [1.54, 1.807) is 7.11 Å². The quantitative estimate of drug-likeness (QED) is 0.193. The first-order chi connectivity index (χ1) is 13.5. The second-order valence-electron chi connectivity index (χ2n) is 7.64. The van der Waals surface area contributed by atoms with Crippen LogP contribution in [0.4, 0.5) is 0 Å². The fourth-order valence-corrected chi connectivity index (χ4v) is 3.07. The molecule has 0 fully saturated rings. The Kier molecular flexibility index (Phi) is 18.1. The molecule has 0 aromatic carbocycles. The predicted molar refractivity (Wildman–Crippen MR) is 115 cm³/mol. The molecular formula is C23H43NO4. The second-order valence-corrected chi connectivity index (χ2v) is 7.64. The maximum atomic E-state index is 12.2. The van der Waals surface area contributed by atoms with Crippen LogP contribution < -0.4 is 5.32 Å². The maximum absolute atomic E-state index is 12.2. The Balaban J connectivity index is 3.80. The summed E-state index contributed by atoms with van der Waals surface area (Å²) in [4.78, 5) is 23.2. The maximum Gasteiger partial charge on any atom is 0.302 e.